The maximum atomic E-state index is 13.9. The molecule has 1 saturated carbocycles. The fraction of sp³-hybridized carbons (Fsp3) is 0.300. The number of phenols is 1. The van der Waals surface area contributed by atoms with Crippen LogP contribution in [0.4, 0.5) is 23.4 Å². The molecule has 1 aliphatic carbocycles. The molecule has 0 aliphatic heterocycles. The number of benzene rings is 2. The minimum Gasteiger partial charge on any atom is -0.507 e. The van der Waals surface area contributed by atoms with Gasteiger partial charge in [0, 0.05) is 22.4 Å². The van der Waals surface area contributed by atoms with Gasteiger partial charge in [0.05, 0.1) is 11.2 Å². The van der Waals surface area contributed by atoms with Crippen molar-refractivity contribution in [1.82, 2.24) is 10.2 Å². The van der Waals surface area contributed by atoms with Gasteiger partial charge in [0.15, 0.2) is 5.82 Å². The molecule has 0 saturated heterocycles. The Morgan fingerprint density at radius 3 is 2.41 bits per heavy atom. The van der Waals surface area contributed by atoms with Crippen LogP contribution in [0.15, 0.2) is 36.4 Å². The number of nitrogens with one attached hydrogen (secondary N) is 1. The molecule has 1 fully saturated rings. The van der Waals surface area contributed by atoms with Crippen LogP contribution < -0.4 is 5.32 Å². The van der Waals surface area contributed by atoms with E-state index >= 15 is 0 Å². The Kier molecular flexibility index (Phi) is 4.38. The highest BCUT2D eigenvalue weighted by atomic mass is 19.4. The summed E-state index contributed by atoms with van der Waals surface area (Å²) in [5.74, 6) is -0.817. The van der Waals surface area contributed by atoms with E-state index in [1.165, 1.54) is 18.2 Å². The van der Waals surface area contributed by atoms with E-state index < -0.39 is 28.9 Å². The van der Waals surface area contributed by atoms with Crippen LogP contribution in [0.2, 0.25) is 0 Å². The number of fused-ring (bicyclic) bond motifs is 1. The number of hydrogen-bond donors (Lipinski definition) is 3. The van der Waals surface area contributed by atoms with Crippen LogP contribution in [0, 0.1) is 5.82 Å². The zero-order chi connectivity index (χ0) is 21.0. The Morgan fingerprint density at radius 1 is 1.07 bits per heavy atom. The minimum atomic E-state index is -4.59. The van der Waals surface area contributed by atoms with Gasteiger partial charge in [0.1, 0.15) is 17.3 Å². The lowest BCUT2D eigenvalue weighted by Gasteiger charge is -2.41. The molecule has 9 heteroatoms. The first-order valence-corrected chi connectivity index (χ1v) is 8.89. The van der Waals surface area contributed by atoms with E-state index in [-0.39, 0.29) is 17.3 Å². The van der Waals surface area contributed by atoms with Gasteiger partial charge in [-0.15, -0.1) is 10.2 Å². The number of anilines is 1. The van der Waals surface area contributed by atoms with Gasteiger partial charge in [-0.2, -0.15) is 13.2 Å². The Bertz CT molecular complexity index is 1090. The molecule has 152 valence electrons. The monoisotopic (exact) mass is 407 g/mol. The molecule has 29 heavy (non-hydrogen) atoms. The highest BCUT2D eigenvalue weighted by molar-refractivity contribution is 6.01. The molecule has 0 atom stereocenters. The highest BCUT2D eigenvalue weighted by Gasteiger charge is 2.38. The van der Waals surface area contributed by atoms with Crippen molar-refractivity contribution in [3.8, 4) is 17.0 Å². The number of nitrogens with zero attached hydrogens (tertiary/aromatic N) is 2. The number of halogens is 4. The molecule has 0 unspecified atom stereocenters. The van der Waals surface area contributed by atoms with Gasteiger partial charge in [-0.25, -0.2) is 4.39 Å². The Morgan fingerprint density at radius 2 is 1.79 bits per heavy atom. The second-order valence-corrected chi connectivity index (χ2v) is 7.56. The normalized spacial score (nSPS) is 21.8. The van der Waals surface area contributed by atoms with Crippen molar-refractivity contribution >= 4 is 16.6 Å². The average Bonchev–Trinajstić information content (AvgIpc) is 2.60. The highest BCUT2D eigenvalue weighted by Crippen LogP contribution is 2.40. The number of aromatic nitrogens is 2. The van der Waals surface area contributed by atoms with Gasteiger partial charge < -0.3 is 15.5 Å². The van der Waals surface area contributed by atoms with Crippen molar-refractivity contribution in [2.24, 2.45) is 0 Å². The number of hydrogen-bond acceptors (Lipinski definition) is 5. The average molecular weight is 407 g/mol. The van der Waals surface area contributed by atoms with Crippen molar-refractivity contribution < 1.29 is 27.8 Å². The standard InChI is InChI=1S/C20H17F4N3O2/c1-19(29)8-12(9-19)25-18-15-7-11(21)3-5-13(15)17(26-27-18)14-4-2-10(6-16(14)28)20(22,23)24/h2-7,12,28-29H,8-9H2,1H3,(H,25,27)/t12-,19+. The predicted molar refractivity (Wildman–Crippen MR) is 98.9 cm³/mol. The molecule has 1 heterocycles. The molecule has 1 aromatic heterocycles. The molecule has 0 bridgehead atoms. The van der Waals surface area contributed by atoms with E-state index in [0.29, 0.717) is 35.5 Å². The van der Waals surface area contributed by atoms with E-state index in [4.69, 9.17) is 0 Å². The maximum Gasteiger partial charge on any atom is 0.416 e. The van der Waals surface area contributed by atoms with Crippen LogP contribution in [0.5, 0.6) is 5.75 Å². The SMILES string of the molecule is C[C@]1(O)C[C@@H](Nc2nnc(-c3ccc(C(F)(F)F)cc3O)c3ccc(F)cc23)C1. The second kappa shape index (κ2) is 6.55. The van der Waals surface area contributed by atoms with Gasteiger partial charge in [-0.3, -0.25) is 0 Å². The third-order valence-corrected chi connectivity index (χ3v) is 5.04. The third kappa shape index (κ3) is 3.69. The minimum absolute atomic E-state index is 0.0558. The summed E-state index contributed by atoms with van der Waals surface area (Å²) in [6, 6.07) is 6.40. The first-order valence-electron chi connectivity index (χ1n) is 8.89. The smallest absolute Gasteiger partial charge is 0.416 e. The summed E-state index contributed by atoms with van der Waals surface area (Å²) >= 11 is 0. The predicted octanol–water partition coefficient (Wildman–Crippen LogP) is 4.49. The number of alkyl halides is 3. The molecular weight excluding hydrogens is 390 g/mol. The van der Waals surface area contributed by atoms with Crippen LogP contribution in [0.25, 0.3) is 22.0 Å². The summed E-state index contributed by atoms with van der Waals surface area (Å²) in [6.45, 7) is 1.71. The molecule has 5 nitrogen and oxygen atoms in total. The summed E-state index contributed by atoms with van der Waals surface area (Å²) in [5.41, 5.74) is -1.56. The molecule has 4 rings (SSSR count). The Balaban J connectivity index is 1.78. The summed E-state index contributed by atoms with van der Waals surface area (Å²) in [4.78, 5) is 0. The van der Waals surface area contributed by atoms with Crippen molar-refractivity contribution in [1.29, 1.82) is 0 Å². The summed E-state index contributed by atoms with van der Waals surface area (Å²) in [7, 11) is 0. The first-order chi connectivity index (χ1) is 13.5. The van der Waals surface area contributed by atoms with Gasteiger partial charge in [0.25, 0.3) is 0 Å². The molecule has 0 amide bonds. The fourth-order valence-electron chi connectivity index (χ4n) is 3.64. The zero-order valence-electron chi connectivity index (χ0n) is 15.3. The largest absolute Gasteiger partial charge is 0.507 e. The molecule has 2 aromatic carbocycles. The van der Waals surface area contributed by atoms with Gasteiger partial charge >= 0.3 is 6.18 Å². The quantitative estimate of drug-likeness (QED) is 0.558. The number of phenolic OH excluding ortho intramolecular Hbond substituents is 1. The van der Waals surface area contributed by atoms with Gasteiger partial charge in [0.2, 0.25) is 0 Å². The molecule has 0 spiro atoms. The summed E-state index contributed by atoms with van der Waals surface area (Å²) in [5, 5.41) is 32.1. The lowest BCUT2D eigenvalue weighted by Crippen LogP contribution is -2.48. The summed E-state index contributed by atoms with van der Waals surface area (Å²) in [6.07, 6.45) is -3.61. The maximum absolute atomic E-state index is 13.9. The van der Waals surface area contributed by atoms with E-state index in [2.05, 4.69) is 15.5 Å². The van der Waals surface area contributed by atoms with Crippen molar-refractivity contribution in [2.45, 2.75) is 37.6 Å². The van der Waals surface area contributed by atoms with Crippen molar-refractivity contribution in [2.75, 3.05) is 5.32 Å². The van der Waals surface area contributed by atoms with E-state index in [0.717, 1.165) is 12.1 Å². The van der Waals surface area contributed by atoms with E-state index in [1.807, 2.05) is 0 Å². The molecule has 0 radical (unpaired) electrons. The molecule has 3 aromatic rings. The molecule has 3 N–H and O–H groups in total. The van der Waals surface area contributed by atoms with E-state index in [9.17, 15) is 27.8 Å². The van der Waals surface area contributed by atoms with Crippen LogP contribution in [-0.2, 0) is 6.18 Å². The van der Waals surface area contributed by atoms with Crippen LogP contribution >= 0.6 is 0 Å². The van der Waals surface area contributed by atoms with Crippen molar-refractivity contribution in [3.63, 3.8) is 0 Å². The molecular formula is C20H17F4N3O2. The number of rotatable bonds is 3. The van der Waals surface area contributed by atoms with Crippen LogP contribution in [0.3, 0.4) is 0 Å². The molecule has 1 aliphatic rings. The summed E-state index contributed by atoms with van der Waals surface area (Å²) < 4.78 is 52.5. The topological polar surface area (TPSA) is 78.3 Å². The van der Waals surface area contributed by atoms with Crippen LogP contribution in [-0.4, -0.2) is 32.1 Å². The third-order valence-electron chi connectivity index (χ3n) is 5.04. The Labute approximate surface area is 163 Å². The van der Waals surface area contributed by atoms with Crippen LogP contribution in [0.1, 0.15) is 25.3 Å². The first kappa shape index (κ1) is 19.4. The van der Waals surface area contributed by atoms with E-state index in [1.54, 1.807) is 6.92 Å². The van der Waals surface area contributed by atoms with Gasteiger partial charge in [-0.1, -0.05) is 0 Å². The Hall–Kier alpha value is -2.94. The van der Waals surface area contributed by atoms with Crippen molar-refractivity contribution in [3.05, 3.63) is 47.8 Å². The number of aliphatic hydroxyl groups is 1. The lowest BCUT2D eigenvalue weighted by molar-refractivity contribution is -0.137. The lowest BCUT2D eigenvalue weighted by atomic mass is 9.77. The zero-order valence-corrected chi connectivity index (χ0v) is 15.3. The van der Waals surface area contributed by atoms with Gasteiger partial charge in [-0.05, 0) is 56.2 Å². The second-order valence-electron chi connectivity index (χ2n) is 7.56. The number of aromatic hydroxyl groups is 1. The fourth-order valence-corrected chi connectivity index (χ4v) is 3.64.